The molecule has 1 aliphatic carbocycles. The molecule has 0 spiro atoms. The number of hydrogen-bond donors (Lipinski definition) is 0. The van der Waals surface area contributed by atoms with Gasteiger partial charge in [-0.3, -0.25) is 0 Å². The molecular weight excluding hydrogens is 229 g/mol. The lowest BCUT2D eigenvalue weighted by Gasteiger charge is -2.38. The maximum absolute atomic E-state index is 13.9. The maximum atomic E-state index is 13.9. The lowest BCUT2D eigenvalue weighted by atomic mass is 9.70. The Balaban J connectivity index is 2.56. The highest BCUT2D eigenvalue weighted by molar-refractivity contribution is 5.44. The zero-order valence-corrected chi connectivity index (χ0v) is 11.1. The first-order valence-corrected chi connectivity index (χ1v) is 6.40. The lowest BCUT2D eigenvalue weighted by molar-refractivity contribution is 0.254. The van der Waals surface area contributed by atoms with E-state index >= 15 is 0 Å². The Kier molecular flexibility index (Phi) is 3.36. The van der Waals surface area contributed by atoms with Gasteiger partial charge in [-0.1, -0.05) is 13.8 Å². The molecule has 0 heterocycles. The summed E-state index contributed by atoms with van der Waals surface area (Å²) < 4.78 is 13.9. The molecule has 0 atom stereocenters. The van der Waals surface area contributed by atoms with Gasteiger partial charge < -0.3 is 0 Å². The van der Waals surface area contributed by atoms with E-state index in [0.29, 0.717) is 5.56 Å². The molecule has 0 amide bonds. The first-order valence-electron chi connectivity index (χ1n) is 6.40. The van der Waals surface area contributed by atoms with Crippen LogP contribution in [0.3, 0.4) is 0 Å². The van der Waals surface area contributed by atoms with Crippen LogP contribution in [0, 0.1) is 12.7 Å². The number of benzene rings is 1. The molecule has 0 radical (unpaired) electrons. The third-order valence-corrected chi connectivity index (χ3v) is 3.91. The second-order valence-corrected chi connectivity index (χ2v) is 5.43. The highest BCUT2D eigenvalue weighted by Crippen LogP contribution is 2.46. The molecule has 0 N–H and O–H groups in total. The van der Waals surface area contributed by atoms with Gasteiger partial charge in [0.1, 0.15) is 5.82 Å². The summed E-state index contributed by atoms with van der Waals surface area (Å²) in [5.41, 5.74) is 2.11. The molecule has 1 aromatic rings. The van der Waals surface area contributed by atoms with Crippen molar-refractivity contribution in [3.05, 3.63) is 34.6 Å². The van der Waals surface area contributed by atoms with Crippen LogP contribution in [-0.2, 0) is 10.3 Å². The van der Waals surface area contributed by atoms with Crippen LogP contribution in [0.15, 0.2) is 17.1 Å². The number of halogens is 1. The van der Waals surface area contributed by atoms with Gasteiger partial charge in [0.15, 0.2) is 0 Å². The number of rotatable bonds is 3. The minimum absolute atomic E-state index is 0.127. The second kappa shape index (κ2) is 4.66. The predicted molar refractivity (Wildman–Crippen MR) is 68.9 cm³/mol. The van der Waals surface area contributed by atoms with Crippen LogP contribution in [-0.4, -0.2) is 6.08 Å². The van der Waals surface area contributed by atoms with E-state index in [2.05, 4.69) is 4.99 Å². The minimum Gasteiger partial charge on any atom is -0.211 e. The monoisotopic (exact) mass is 247 g/mol. The Hall–Kier alpha value is -1.47. The third kappa shape index (κ3) is 1.99. The first kappa shape index (κ1) is 13.0. The number of nitrogens with zero attached hydrogens (tertiary/aromatic N) is 1. The molecule has 18 heavy (non-hydrogen) atoms. The van der Waals surface area contributed by atoms with Crippen molar-refractivity contribution in [3.63, 3.8) is 0 Å². The molecule has 0 saturated heterocycles. The number of isocyanates is 1. The summed E-state index contributed by atoms with van der Waals surface area (Å²) >= 11 is 0. The van der Waals surface area contributed by atoms with Gasteiger partial charge in [0.05, 0.1) is 5.54 Å². The van der Waals surface area contributed by atoms with E-state index < -0.39 is 5.54 Å². The van der Waals surface area contributed by atoms with Crippen molar-refractivity contribution in [2.75, 3.05) is 0 Å². The summed E-state index contributed by atoms with van der Waals surface area (Å²) in [4.78, 5) is 14.6. The maximum Gasteiger partial charge on any atom is 0.235 e. The SMILES string of the molecule is Cc1cc(F)c(C(C)C)cc1C1(N=C=O)CCC1. The Morgan fingerprint density at radius 1 is 1.39 bits per heavy atom. The van der Waals surface area contributed by atoms with Gasteiger partial charge in [-0.05, 0) is 60.9 Å². The van der Waals surface area contributed by atoms with E-state index in [1.807, 2.05) is 26.8 Å². The van der Waals surface area contributed by atoms with Crippen LogP contribution in [0.2, 0.25) is 0 Å². The molecular formula is C15H18FNO. The molecule has 0 bridgehead atoms. The molecule has 0 aliphatic heterocycles. The molecule has 3 heteroatoms. The van der Waals surface area contributed by atoms with Gasteiger partial charge in [0.2, 0.25) is 6.08 Å². The highest BCUT2D eigenvalue weighted by atomic mass is 19.1. The Morgan fingerprint density at radius 2 is 2.06 bits per heavy atom. The van der Waals surface area contributed by atoms with Crippen molar-refractivity contribution in [3.8, 4) is 0 Å². The molecule has 96 valence electrons. The van der Waals surface area contributed by atoms with Crippen molar-refractivity contribution >= 4 is 6.08 Å². The molecule has 0 aromatic heterocycles. The fourth-order valence-electron chi connectivity index (χ4n) is 2.67. The number of aliphatic imine (C=N–C) groups is 1. The van der Waals surface area contributed by atoms with Gasteiger partial charge in [0, 0.05) is 0 Å². The van der Waals surface area contributed by atoms with Gasteiger partial charge in [0.25, 0.3) is 0 Å². The topological polar surface area (TPSA) is 29.4 Å². The van der Waals surface area contributed by atoms with Crippen molar-refractivity contribution in [2.45, 2.75) is 51.5 Å². The predicted octanol–water partition coefficient (Wildman–Crippen LogP) is 3.97. The average Bonchev–Trinajstić information content (AvgIpc) is 2.24. The molecule has 1 aromatic carbocycles. The molecule has 1 saturated carbocycles. The molecule has 1 fully saturated rings. The van der Waals surface area contributed by atoms with Gasteiger partial charge >= 0.3 is 0 Å². The summed E-state index contributed by atoms with van der Waals surface area (Å²) in [5, 5.41) is 0. The van der Waals surface area contributed by atoms with Crippen LogP contribution in [0.4, 0.5) is 4.39 Å². The van der Waals surface area contributed by atoms with E-state index in [1.54, 1.807) is 12.1 Å². The van der Waals surface area contributed by atoms with E-state index in [-0.39, 0.29) is 11.7 Å². The van der Waals surface area contributed by atoms with E-state index in [1.165, 1.54) is 0 Å². The lowest BCUT2D eigenvalue weighted by Crippen LogP contribution is -2.33. The van der Waals surface area contributed by atoms with E-state index in [0.717, 1.165) is 30.4 Å². The zero-order chi connectivity index (χ0) is 13.3. The third-order valence-electron chi connectivity index (χ3n) is 3.91. The number of aryl methyl sites for hydroxylation is 1. The normalized spacial score (nSPS) is 17.2. The molecule has 2 nitrogen and oxygen atoms in total. The zero-order valence-electron chi connectivity index (χ0n) is 11.1. The summed E-state index contributed by atoms with van der Waals surface area (Å²) in [6.07, 6.45) is 4.44. The quantitative estimate of drug-likeness (QED) is 0.587. The van der Waals surface area contributed by atoms with Crippen LogP contribution in [0.1, 0.15) is 55.7 Å². The fraction of sp³-hybridized carbons (Fsp3) is 0.533. The second-order valence-electron chi connectivity index (χ2n) is 5.43. The van der Waals surface area contributed by atoms with Crippen LogP contribution >= 0.6 is 0 Å². The van der Waals surface area contributed by atoms with Crippen LogP contribution in [0.5, 0.6) is 0 Å². The Morgan fingerprint density at radius 3 is 2.50 bits per heavy atom. The molecule has 2 rings (SSSR count). The summed E-state index contributed by atoms with van der Waals surface area (Å²) in [7, 11) is 0. The first-order chi connectivity index (χ1) is 8.50. The summed E-state index contributed by atoms with van der Waals surface area (Å²) in [6.45, 7) is 5.81. The minimum atomic E-state index is -0.441. The highest BCUT2D eigenvalue weighted by Gasteiger charge is 2.40. The fourth-order valence-corrected chi connectivity index (χ4v) is 2.67. The smallest absolute Gasteiger partial charge is 0.211 e. The van der Waals surface area contributed by atoms with Crippen molar-refractivity contribution in [1.29, 1.82) is 0 Å². The summed E-state index contributed by atoms with van der Waals surface area (Å²) in [6, 6.07) is 3.44. The number of hydrogen-bond acceptors (Lipinski definition) is 2. The molecule has 0 unspecified atom stereocenters. The van der Waals surface area contributed by atoms with Crippen molar-refractivity contribution < 1.29 is 9.18 Å². The number of carbonyl (C=O) groups excluding carboxylic acids is 1. The van der Waals surface area contributed by atoms with Crippen LogP contribution in [0.25, 0.3) is 0 Å². The Labute approximate surface area is 107 Å². The largest absolute Gasteiger partial charge is 0.235 e. The van der Waals surface area contributed by atoms with Crippen molar-refractivity contribution in [1.82, 2.24) is 0 Å². The average molecular weight is 247 g/mol. The van der Waals surface area contributed by atoms with Gasteiger partial charge in [-0.25, -0.2) is 9.18 Å². The van der Waals surface area contributed by atoms with E-state index in [4.69, 9.17) is 0 Å². The van der Waals surface area contributed by atoms with Crippen LogP contribution < -0.4 is 0 Å². The Bertz CT molecular complexity index is 511. The standard InChI is InChI=1S/C15H18FNO/c1-10(2)12-8-13(11(3)7-14(12)16)15(17-9-18)5-4-6-15/h7-8,10H,4-6H2,1-3H3. The van der Waals surface area contributed by atoms with Gasteiger partial charge in [-0.15, -0.1) is 0 Å². The molecule has 1 aliphatic rings. The van der Waals surface area contributed by atoms with Crippen molar-refractivity contribution in [2.24, 2.45) is 4.99 Å². The van der Waals surface area contributed by atoms with E-state index in [9.17, 15) is 9.18 Å². The summed E-state index contributed by atoms with van der Waals surface area (Å²) in [5.74, 6) is -0.0440. The van der Waals surface area contributed by atoms with Gasteiger partial charge in [-0.2, -0.15) is 4.99 Å².